The highest BCUT2D eigenvalue weighted by molar-refractivity contribution is 5.69. The van der Waals surface area contributed by atoms with Gasteiger partial charge in [0.2, 0.25) is 0 Å². The van der Waals surface area contributed by atoms with E-state index in [2.05, 4.69) is 37.9 Å². The SMILES string of the molecule is CCCCCC(CCCCC)CCOC(=O)CCCCCCCCC(CCCCCCCCC(=O)OCCC(CCCCC)CCCCC)OCCCCN1CCNCC1. The van der Waals surface area contributed by atoms with E-state index >= 15 is 0 Å². The lowest BCUT2D eigenvalue weighted by Crippen LogP contribution is -2.43. The highest BCUT2D eigenvalue weighted by Crippen LogP contribution is 2.23. The minimum atomic E-state index is 0.00794. The Hall–Kier alpha value is -1.18. The van der Waals surface area contributed by atoms with Crippen LogP contribution < -0.4 is 5.32 Å². The van der Waals surface area contributed by atoms with Crippen LogP contribution in [0.3, 0.4) is 0 Å². The lowest BCUT2D eigenvalue weighted by Gasteiger charge is -2.27. The molecular formula is C53H104N2O5. The van der Waals surface area contributed by atoms with Crippen molar-refractivity contribution in [2.24, 2.45) is 11.8 Å². The molecule has 1 heterocycles. The van der Waals surface area contributed by atoms with E-state index in [1.165, 1.54) is 193 Å². The van der Waals surface area contributed by atoms with Gasteiger partial charge in [0.05, 0.1) is 19.3 Å². The van der Waals surface area contributed by atoms with Crippen molar-refractivity contribution in [3.8, 4) is 0 Å². The fraction of sp³-hybridized carbons (Fsp3) is 0.962. The average Bonchev–Trinajstić information content (AvgIpc) is 3.25. The standard InChI is InChI=1S/C53H104N2O5/c1-5-9-21-31-49(32-22-10-6-2)39-47-59-52(56)37-27-19-15-13-17-25-35-51(58-46-30-29-43-55-44-41-54-42-45-55)36-26-18-14-16-20-28-38-53(57)60-48-40-50(33-23-11-7-3)34-24-12-8-4/h49-51,54H,5-48H2,1-4H3. The molecule has 1 rings (SSSR count). The molecule has 0 radical (unpaired) electrons. The number of hydrogen-bond donors (Lipinski definition) is 1. The quantitative estimate of drug-likeness (QED) is 0.0483. The van der Waals surface area contributed by atoms with E-state index in [-0.39, 0.29) is 11.9 Å². The Bertz CT molecular complexity index is 834. The maximum Gasteiger partial charge on any atom is 0.305 e. The number of esters is 2. The molecule has 1 saturated heterocycles. The molecule has 356 valence electrons. The first-order chi connectivity index (χ1) is 29.5. The topological polar surface area (TPSA) is 77.1 Å². The summed E-state index contributed by atoms with van der Waals surface area (Å²) in [5.41, 5.74) is 0. The monoisotopic (exact) mass is 849 g/mol. The highest BCUT2D eigenvalue weighted by atomic mass is 16.5. The molecule has 0 amide bonds. The molecule has 1 aliphatic rings. The second-order valence-corrected chi connectivity index (χ2v) is 18.8. The van der Waals surface area contributed by atoms with Gasteiger partial charge in [-0.2, -0.15) is 0 Å². The van der Waals surface area contributed by atoms with E-state index in [1.807, 2.05) is 0 Å². The molecule has 0 spiro atoms. The minimum Gasteiger partial charge on any atom is -0.466 e. The molecule has 0 atom stereocenters. The van der Waals surface area contributed by atoms with Crippen LogP contribution in [0.15, 0.2) is 0 Å². The normalized spacial score (nSPS) is 13.6. The van der Waals surface area contributed by atoms with E-state index in [0.29, 0.717) is 32.2 Å². The lowest BCUT2D eigenvalue weighted by molar-refractivity contribution is -0.145. The van der Waals surface area contributed by atoms with Crippen LogP contribution in [0, 0.1) is 11.8 Å². The van der Waals surface area contributed by atoms with Gasteiger partial charge in [0.15, 0.2) is 0 Å². The van der Waals surface area contributed by atoms with Gasteiger partial charge in [-0.05, 0) is 69.7 Å². The largest absolute Gasteiger partial charge is 0.466 e. The Morgan fingerprint density at radius 3 is 1.23 bits per heavy atom. The first-order valence-corrected chi connectivity index (χ1v) is 26.9. The van der Waals surface area contributed by atoms with Gasteiger partial charge in [0.25, 0.3) is 0 Å². The summed E-state index contributed by atoms with van der Waals surface area (Å²) < 4.78 is 17.9. The molecule has 0 aromatic heterocycles. The summed E-state index contributed by atoms with van der Waals surface area (Å²) in [6, 6.07) is 0. The van der Waals surface area contributed by atoms with Gasteiger partial charge in [0, 0.05) is 45.6 Å². The molecule has 60 heavy (non-hydrogen) atoms. The van der Waals surface area contributed by atoms with Gasteiger partial charge in [-0.3, -0.25) is 9.59 Å². The molecule has 0 unspecified atom stereocenters. The Morgan fingerprint density at radius 1 is 0.433 bits per heavy atom. The summed E-state index contributed by atoms with van der Waals surface area (Å²) in [5.74, 6) is 1.45. The van der Waals surface area contributed by atoms with Gasteiger partial charge < -0.3 is 24.4 Å². The third kappa shape index (κ3) is 37.4. The van der Waals surface area contributed by atoms with E-state index < -0.39 is 0 Å². The number of carbonyl (C=O) groups is 2. The molecule has 0 aromatic carbocycles. The van der Waals surface area contributed by atoms with Crippen molar-refractivity contribution in [2.75, 3.05) is 52.5 Å². The van der Waals surface area contributed by atoms with Gasteiger partial charge in [-0.1, -0.05) is 195 Å². The Morgan fingerprint density at radius 2 is 0.817 bits per heavy atom. The number of ether oxygens (including phenoxy) is 3. The van der Waals surface area contributed by atoms with Crippen LogP contribution in [0.1, 0.15) is 259 Å². The summed E-state index contributed by atoms with van der Waals surface area (Å²) in [6.07, 6.45) is 43.2. The number of nitrogens with zero attached hydrogens (tertiary/aromatic N) is 1. The van der Waals surface area contributed by atoms with Crippen molar-refractivity contribution in [1.82, 2.24) is 10.2 Å². The first-order valence-electron chi connectivity index (χ1n) is 26.9. The molecule has 0 saturated carbocycles. The Balaban J connectivity index is 2.23. The summed E-state index contributed by atoms with van der Waals surface area (Å²) in [5, 5.41) is 3.46. The summed E-state index contributed by atoms with van der Waals surface area (Å²) in [6.45, 7) is 17.0. The first kappa shape index (κ1) is 56.8. The zero-order valence-corrected chi connectivity index (χ0v) is 40.8. The molecule has 0 aliphatic carbocycles. The Labute approximate surface area is 374 Å². The molecule has 7 heteroatoms. The predicted molar refractivity (Wildman–Crippen MR) is 257 cm³/mol. The van der Waals surface area contributed by atoms with Gasteiger partial charge in [0.1, 0.15) is 0 Å². The maximum atomic E-state index is 12.4. The van der Waals surface area contributed by atoms with Crippen molar-refractivity contribution in [1.29, 1.82) is 0 Å². The minimum absolute atomic E-state index is 0.00794. The van der Waals surface area contributed by atoms with E-state index in [1.54, 1.807) is 0 Å². The van der Waals surface area contributed by atoms with Gasteiger partial charge in [-0.15, -0.1) is 0 Å². The molecular weight excluding hydrogens is 745 g/mol. The van der Waals surface area contributed by atoms with Crippen LogP contribution in [0.25, 0.3) is 0 Å². The number of unbranched alkanes of at least 4 members (excludes halogenated alkanes) is 19. The van der Waals surface area contributed by atoms with Gasteiger partial charge >= 0.3 is 11.9 Å². The van der Waals surface area contributed by atoms with Gasteiger partial charge in [-0.25, -0.2) is 0 Å². The zero-order valence-electron chi connectivity index (χ0n) is 40.8. The van der Waals surface area contributed by atoms with Crippen LogP contribution in [0.2, 0.25) is 0 Å². The van der Waals surface area contributed by atoms with Crippen LogP contribution >= 0.6 is 0 Å². The maximum absolute atomic E-state index is 12.4. The summed E-state index contributed by atoms with van der Waals surface area (Å²) >= 11 is 0. The molecule has 0 aromatic rings. The van der Waals surface area contributed by atoms with E-state index in [0.717, 1.165) is 76.5 Å². The number of piperazine rings is 1. The second kappa shape index (κ2) is 44.4. The number of rotatable bonds is 46. The number of hydrogen-bond acceptors (Lipinski definition) is 7. The molecule has 1 fully saturated rings. The number of nitrogens with one attached hydrogen (secondary N) is 1. The van der Waals surface area contributed by atoms with Crippen molar-refractivity contribution in [3.05, 3.63) is 0 Å². The summed E-state index contributed by atoms with van der Waals surface area (Å²) in [7, 11) is 0. The van der Waals surface area contributed by atoms with Crippen LogP contribution in [0.5, 0.6) is 0 Å². The smallest absolute Gasteiger partial charge is 0.305 e. The van der Waals surface area contributed by atoms with Crippen molar-refractivity contribution in [2.45, 2.75) is 265 Å². The fourth-order valence-corrected chi connectivity index (χ4v) is 9.05. The third-order valence-corrected chi connectivity index (χ3v) is 13.2. The average molecular weight is 849 g/mol. The molecule has 7 nitrogen and oxygen atoms in total. The fourth-order valence-electron chi connectivity index (χ4n) is 9.05. The van der Waals surface area contributed by atoms with Crippen molar-refractivity contribution >= 4 is 11.9 Å². The highest BCUT2D eigenvalue weighted by Gasteiger charge is 2.14. The zero-order chi connectivity index (χ0) is 43.4. The van der Waals surface area contributed by atoms with Crippen LogP contribution in [-0.2, 0) is 23.8 Å². The molecule has 1 aliphatic heterocycles. The third-order valence-electron chi connectivity index (χ3n) is 13.2. The van der Waals surface area contributed by atoms with E-state index in [4.69, 9.17) is 14.2 Å². The molecule has 1 N–H and O–H groups in total. The Kier molecular flexibility index (Phi) is 42.1. The van der Waals surface area contributed by atoms with E-state index in [9.17, 15) is 9.59 Å². The van der Waals surface area contributed by atoms with Crippen LogP contribution in [-0.4, -0.2) is 75.5 Å². The summed E-state index contributed by atoms with van der Waals surface area (Å²) in [4.78, 5) is 27.4. The van der Waals surface area contributed by atoms with Crippen molar-refractivity contribution < 1.29 is 23.8 Å². The lowest BCUT2D eigenvalue weighted by atomic mass is 9.92. The van der Waals surface area contributed by atoms with Crippen molar-refractivity contribution in [3.63, 3.8) is 0 Å². The molecule has 0 bridgehead atoms. The van der Waals surface area contributed by atoms with Crippen LogP contribution in [0.4, 0.5) is 0 Å². The second-order valence-electron chi connectivity index (χ2n) is 18.8. The predicted octanol–water partition coefficient (Wildman–Crippen LogP) is 14.7. The number of carbonyl (C=O) groups excluding carboxylic acids is 2.